The largest absolute Gasteiger partial charge is 0.480 e. The van der Waals surface area contributed by atoms with Gasteiger partial charge in [-0.15, -0.1) is 0 Å². The van der Waals surface area contributed by atoms with Crippen LogP contribution in [-0.4, -0.2) is 75.0 Å². The van der Waals surface area contributed by atoms with Crippen molar-refractivity contribution >= 4 is 12.0 Å². The van der Waals surface area contributed by atoms with E-state index < -0.39 is 18.1 Å². The monoisotopic (exact) mass is 286 g/mol. The number of amides is 2. The smallest absolute Gasteiger partial charge is 0.326 e. The molecule has 0 aromatic heterocycles. The van der Waals surface area contributed by atoms with Gasteiger partial charge in [0.2, 0.25) is 0 Å². The SMILES string of the molecule is CC(O)C1CCN(C(=O)N2CC(O)CC2C(=O)O)CC1. The van der Waals surface area contributed by atoms with E-state index in [-0.39, 0.29) is 31.0 Å². The van der Waals surface area contributed by atoms with Crippen LogP contribution in [0.5, 0.6) is 0 Å². The Morgan fingerprint density at radius 1 is 1.25 bits per heavy atom. The first-order valence-electron chi connectivity index (χ1n) is 7.04. The van der Waals surface area contributed by atoms with Gasteiger partial charge in [-0.05, 0) is 25.7 Å². The maximum atomic E-state index is 12.4. The lowest BCUT2D eigenvalue weighted by Gasteiger charge is -2.36. The molecule has 0 bridgehead atoms. The molecule has 0 spiro atoms. The van der Waals surface area contributed by atoms with Gasteiger partial charge in [-0.2, -0.15) is 0 Å². The van der Waals surface area contributed by atoms with Gasteiger partial charge in [-0.3, -0.25) is 0 Å². The predicted octanol–water partition coefficient (Wildman–Crippen LogP) is -0.281. The van der Waals surface area contributed by atoms with Gasteiger partial charge in [0.05, 0.1) is 12.2 Å². The van der Waals surface area contributed by atoms with Gasteiger partial charge < -0.3 is 25.1 Å². The summed E-state index contributed by atoms with van der Waals surface area (Å²) in [6.45, 7) is 2.87. The molecule has 0 aromatic rings. The molecule has 7 nitrogen and oxygen atoms in total. The summed E-state index contributed by atoms with van der Waals surface area (Å²) in [4.78, 5) is 26.3. The highest BCUT2D eigenvalue weighted by Crippen LogP contribution is 2.24. The minimum absolute atomic E-state index is 0.0755. The van der Waals surface area contributed by atoms with Gasteiger partial charge in [0.25, 0.3) is 0 Å². The lowest BCUT2D eigenvalue weighted by Crippen LogP contribution is -2.51. The van der Waals surface area contributed by atoms with Crippen molar-refractivity contribution in [2.24, 2.45) is 5.92 Å². The average molecular weight is 286 g/mol. The number of rotatable bonds is 2. The van der Waals surface area contributed by atoms with Crippen LogP contribution in [0.3, 0.4) is 0 Å². The molecule has 0 aromatic carbocycles. The number of nitrogens with zero attached hydrogens (tertiary/aromatic N) is 2. The molecule has 0 radical (unpaired) electrons. The molecule has 2 heterocycles. The Kier molecular flexibility index (Phi) is 4.49. The van der Waals surface area contributed by atoms with E-state index in [1.165, 1.54) is 4.90 Å². The van der Waals surface area contributed by atoms with Crippen molar-refractivity contribution in [2.75, 3.05) is 19.6 Å². The zero-order chi connectivity index (χ0) is 14.9. The van der Waals surface area contributed by atoms with Crippen molar-refractivity contribution in [3.8, 4) is 0 Å². The Morgan fingerprint density at radius 2 is 1.85 bits per heavy atom. The fourth-order valence-corrected chi connectivity index (χ4v) is 3.01. The van der Waals surface area contributed by atoms with Crippen LogP contribution in [0.4, 0.5) is 4.79 Å². The number of likely N-dealkylation sites (tertiary alicyclic amines) is 2. The first-order valence-corrected chi connectivity index (χ1v) is 7.04. The maximum Gasteiger partial charge on any atom is 0.326 e. The molecular formula is C13H22N2O5. The van der Waals surface area contributed by atoms with Gasteiger partial charge in [0.15, 0.2) is 0 Å². The van der Waals surface area contributed by atoms with E-state index in [1.54, 1.807) is 11.8 Å². The Bertz CT molecular complexity index is 379. The van der Waals surface area contributed by atoms with Crippen LogP contribution in [-0.2, 0) is 4.79 Å². The number of hydrogen-bond donors (Lipinski definition) is 3. The molecule has 2 saturated heterocycles. The summed E-state index contributed by atoms with van der Waals surface area (Å²) in [5, 5.41) is 28.2. The van der Waals surface area contributed by atoms with Crippen molar-refractivity contribution in [1.29, 1.82) is 0 Å². The van der Waals surface area contributed by atoms with Crippen LogP contribution in [0.2, 0.25) is 0 Å². The molecule has 20 heavy (non-hydrogen) atoms. The third-order valence-corrected chi connectivity index (χ3v) is 4.30. The molecule has 2 aliphatic heterocycles. The molecule has 0 aliphatic carbocycles. The summed E-state index contributed by atoms with van der Waals surface area (Å²) >= 11 is 0. The quantitative estimate of drug-likeness (QED) is 0.648. The van der Waals surface area contributed by atoms with Gasteiger partial charge in [-0.1, -0.05) is 0 Å². The number of urea groups is 1. The fourth-order valence-electron chi connectivity index (χ4n) is 3.01. The molecule has 3 N–H and O–H groups in total. The minimum atomic E-state index is -1.08. The van der Waals surface area contributed by atoms with Crippen LogP contribution in [0, 0.1) is 5.92 Å². The summed E-state index contributed by atoms with van der Waals surface area (Å²) in [7, 11) is 0. The standard InChI is InChI=1S/C13H22N2O5/c1-8(16)9-2-4-14(5-3-9)13(20)15-7-10(17)6-11(15)12(18)19/h8-11,16-17H,2-7H2,1H3,(H,18,19). The normalized spacial score (nSPS) is 29.6. The molecule has 3 atom stereocenters. The second-order valence-electron chi connectivity index (χ2n) is 5.74. The van der Waals surface area contributed by atoms with Crippen LogP contribution in [0.25, 0.3) is 0 Å². The molecule has 2 rings (SSSR count). The number of aliphatic carboxylic acids is 1. The van der Waals surface area contributed by atoms with Crippen LogP contribution >= 0.6 is 0 Å². The Morgan fingerprint density at radius 3 is 2.35 bits per heavy atom. The van der Waals surface area contributed by atoms with Gasteiger partial charge in [-0.25, -0.2) is 9.59 Å². The second kappa shape index (κ2) is 5.97. The van der Waals surface area contributed by atoms with E-state index in [9.17, 15) is 19.8 Å². The van der Waals surface area contributed by atoms with Crippen molar-refractivity contribution in [3.63, 3.8) is 0 Å². The lowest BCUT2D eigenvalue weighted by molar-refractivity contribution is -0.141. The van der Waals surface area contributed by atoms with E-state index in [2.05, 4.69) is 0 Å². The summed E-state index contributed by atoms with van der Waals surface area (Å²) in [5.74, 6) is -0.882. The Balaban J connectivity index is 1.96. The number of aliphatic hydroxyl groups excluding tert-OH is 2. The number of carboxylic acids is 1. The van der Waals surface area contributed by atoms with Crippen LogP contribution in [0.1, 0.15) is 26.2 Å². The molecular weight excluding hydrogens is 264 g/mol. The number of carbonyl (C=O) groups excluding carboxylic acids is 1. The predicted molar refractivity (Wildman–Crippen MR) is 70.1 cm³/mol. The van der Waals surface area contributed by atoms with Gasteiger partial charge in [0.1, 0.15) is 6.04 Å². The van der Waals surface area contributed by atoms with Crippen molar-refractivity contribution in [2.45, 2.75) is 44.4 Å². The first-order chi connectivity index (χ1) is 9.40. The number of carboxylic acid groups (broad SMARTS) is 1. The Hall–Kier alpha value is -1.34. The summed E-state index contributed by atoms with van der Waals surface area (Å²) < 4.78 is 0. The van der Waals surface area contributed by atoms with E-state index in [4.69, 9.17) is 5.11 Å². The number of hydrogen-bond acceptors (Lipinski definition) is 4. The molecule has 2 aliphatic rings. The van der Waals surface area contributed by atoms with Crippen molar-refractivity contribution < 1.29 is 24.9 Å². The molecule has 3 unspecified atom stereocenters. The lowest BCUT2D eigenvalue weighted by atomic mass is 9.92. The first kappa shape index (κ1) is 15.1. The molecule has 7 heteroatoms. The summed E-state index contributed by atoms with van der Waals surface area (Å²) in [5.41, 5.74) is 0. The molecule has 0 saturated carbocycles. The van der Waals surface area contributed by atoms with Crippen LogP contribution < -0.4 is 0 Å². The summed E-state index contributed by atoms with van der Waals surface area (Å²) in [6, 6.07) is -1.26. The van der Waals surface area contributed by atoms with E-state index in [0.717, 1.165) is 12.8 Å². The summed E-state index contributed by atoms with van der Waals surface area (Å²) in [6.07, 6.45) is 0.378. The minimum Gasteiger partial charge on any atom is -0.480 e. The highest BCUT2D eigenvalue weighted by Gasteiger charge is 2.41. The fraction of sp³-hybridized carbons (Fsp3) is 0.846. The van der Waals surface area contributed by atoms with E-state index >= 15 is 0 Å². The number of aliphatic hydroxyl groups is 2. The van der Waals surface area contributed by atoms with Gasteiger partial charge >= 0.3 is 12.0 Å². The molecule has 2 fully saturated rings. The topological polar surface area (TPSA) is 101 Å². The number of piperidine rings is 1. The zero-order valence-electron chi connectivity index (χ0n) is 11.6. The van der Waals surface area contributed by atoms with Gasteiger partial charge in [0, 0.05) is 26.1 Å². The number of carbonyl (C=O) groups is 2. The van der Waals surface area contributed by atoms with E-state index in [0.29, 0.717) is 13.1 Å². The van der Waals surface area contributed by atoms with Crippen LogP contribution in [0.15, 0.2) is 0 Å². The molecule has 2 amide bonds. The number of β-amino-alcohol motifs (C(OH)–C–C–N with tert-alkyl or cyclic N) is 1. The second-order valence-corrected chi connectivity index (χ2v) is 5.74. The third kappa shape index (κ3) is 3.04. The highest BCUT2D eigenvalue weighted by molar-refractivity contribution is 5.83. The third-order valence-electron chi connectivity index (χ3n) is 4.30. The Labute approximate surface area is 117 Å². The molecule has 114 valence electrons. The van der Waals surface area contributed by atoms with Crippen molar-refractivity contribution in [3.05, 3.63) is 0 Å². The van der Waals surface area contributed by atoms with Crippen molar-refractivity contribution in [1.82, 2.24) is 9.80 Å². The zero-order valence-corrected chi connectivity index (χ0v) is 11.6. The van der Waals surface area contributed by atoms with E-state index in [1.807, 2.05) is 0 Å². The maximum absolute atomic E-state index is 12.4. The average Bonchev–Trinajstić information content (AvgIpc) is 2.80. The highest BCUT2D eigenvalue weighted by atomic mass is 16.4.